The summed E-state index contributed by atoms with van der Waals surface area (Å²) in [5.41, 5.74) is 0. The molecule has 6 nitrogen and oxygen atoms in total. The minimum absolute atomic E-state index is 0.0830. The van der Waals surface area contributed by atoms with Crippen molar-refractivity contribution in [1.29, 1.82) is 0 Å². The van der Waals surface area contributed by atoms with E-state index < -0.39 is 6.10 Å². The van der Waals surface area contributed by atoms with Crippen molar-refractivity contribution in [2.24, 2.45) is 0 Å². The average molecular weight is 1030 g/mol. The van der Waals surface area contributed by atoms with Gasteiger partial charge in [0.05, 0.1) is 0 Å². The van der Waals surface area contributed by atoms with E-state index in [2.05, 4.69) is 118 Å². The minimum Gasteiger partial charge on any atom is -0.462 e. The lowest BCUT2D eigenvalue weighted by Crippen LogP contribution is -2.30. The standard InChI is InChI=1S/C68H116O6/c1-4-7-10-13-16-19-22-24-26-28-30-32-33-34-35-37-38-40-42-44-46-49-52-55-58-61-67(70)73-64-65(63-72-66(69)60-57-54-51-48-21-18-15-12-9-6-3)74-68(71)62-59-56-53-50-47-45-43-41-39-36-31-29-27-25-23-20-17-14-11-8-5-2/h7,10,16,19,23-26,29-32,34-35,39,41,65H,4-6,8-9,11-15,17-18,20-22,27-28,33,36-38,40,42-64H2,1-3H3/b10-7-,19-16-,25-23-,26-24-,31-29-,32-30-,35-34-,41-39-. The van der Waals surface area contributed by atoms with Crippen molar-refractivity contribution in [2.75, 3.05) is 13.2 Å². The van der Waals surface area contributed by atoms with Crippen molar-refractivity contribution in [1.82, 2.24) is 0 Å². The first-order valence-corrected chi connectivity index (χ1v) is 31.2. The molecule has 0 fully saturated rings. The van der Waals surface area contributed by atoms with Crippen LogP contribution in [-0.4, -0.2) is 37.2 Å². The number of esters is 3. The zero-order chi connectivity index (χ0) is 53.6. The lowest BCUT2D eigenvalue weighted by Gasteiger charge is -2.18. The molecule has 0 aliphatic heterocycles. The Labute approximate surface area is 457 Å². The number of hydrogen-bond donors (Lipinski definition) is 0. The highest BCUT2D eigenvalue weighted by Gasteiger charge is 2.19. The molecule has 0 aromatic rings. The van der Waals surface area contributed by atoms with Gasteiger partial charge in [-0.3, -0.25) is 14.4 Å². The predicted molar refractivity (Wildman–Crippen MR) is 320 cm³/mol. The highest BCUT2D eigenvalue weighted by Crippen LogP contribution is 2.15. The zero-order valence-corrected chi connectivity index (χ0v) is 48.6. The molecule has 0 N–H and O–H groups in total. The summed E-state index contributed by atoms with van der Waals surface area (Å²) >= 11 is 0. The second kappa shape index (κ2) is 61.9. The summed E-state index contributed by atoms with van der Waals surface area (Å²) < 4.78 is 16.9. The van der Waals surface area contributed by atoms with Crippen molar-refractivity contribution < 1.29 is 28.6 Å². The van der Waals surface area contributed by atoms with Crippen molar-refractivity contribution in [3.05, 3.63) is 97.2 Å². The molecule has 0 heterocycles. The highest BCUT2D eigenvalue weighted by molar-refractivity contribution is 5.71. The highest BCUT2D eigenvalue weighted by atomic mass is 16.6. The molecule has 0 aromatic carbocycles. The van der Waals surface area contributed by atoms with Crippen LogP contribution in [0.4, 0.5) is 0 Å². The Kier molecular flexibility index (Phi) is 58.8. The Morgan fingerprint density at radius 3 is 0.824 bits per heavy atom. The Morgan fingerprint density at radius 2 is 0.527 bits per heavy atom. The number of carbonyl (C=O) groups is 3. The predicted octanol–water partition coefficient (Wildman–Crippen LogP) is 21.3. The lowest BCUT2D eigenvalue weighted by molar-refractivity contribution is -0.167. The van der Waals surface area contributed by atoms with Gasteiger partial charge in [-0.2, -0.15) is 0 Å². The van der Waals surface area contributed by atoms with E-state index in [0.29, 0.717) is 19.3 Å². The number of carbonyl (C=O) groups excluding carboxylic acids is 3. The summed E-state index contributed by atoms with van der Waals surface area (Å²) in [7, 11) is 0. The second-order valence-electron chi connectivity index (χ2n) is 20.6. The van der Waals surface area contributed by atoms with Crippen LogP contribution in [0.25, 0.3) is 0 Å². The molecular formula is C68H116O6. The molecule has 0 bridgehead atoms. The van der Waals surface area contributed by atoms with Gasteiger partial charge in [0.1, 0.15) is 13.2 Å². The van der Waals surface area contributed by atoms with Gasteiger partial charge in [0.25, 0.3) is 0 Å². The first-order chi connectivity index (χ1) is 36.5. The molecule has 6 heteroatoms. The molecule has 0 saturated carbocycles. The number of rotatable bonds is 56. The van der Waals surface area contributed by atoms with Crippen LogP contribution in [0.5, 0.6) is 0 Å². The maximum Gasteiger partial charge on any atom is 0.306 e. The third-order valence-corrected chi connectivity index (χ3v) is 13.3. The molecular weight excluding hydrogens is 913 g/mol. The van der Waals surface area contributed by atoms with Crippen LogP contribution in [-0.2, 0) is 28.6 Å². The van der Waals surface area contributed by atoms with Gasteiger partial charge in [-0.25, -0.2) is 0 Å². The Balaban J connectivity index is 4.31. The van der Waals surface area contributed by atoms with Gasteiger partial charge in [0.2, 0.25) is 0 Å². The molecule has 0 spiro atoms. The fourth-order valence-corrected chi connectivity index (χ4v) is 8.65. The van der Waals surface area contributed by atoms with Crippen molar-refractivity contribution in [3.63, 3.8) is 0 Å². The Bertz CT molecular complexity index is 1460. The van der Waals surface area contributed by atoms with E-state index in [1.54, 1.807) is 0 Å². The van der Waals surface area contributed by atoms with Crippen LogP contribution in [0.1, 0.15) is 297 Å². The van der Waals surface area contributed by atoms with E-state index in [9.17, 15) is 14.4 Å². The molecule has 0 saturated heterocycles. The molecule has 424 valence electrons. The fraction of sp³-hybridized carbons (Fsp3) is 0.721. The van der Waals surface area contributed by atoms with E-state index in [1.807, 2.05) is 0 Å². The molecule has 0 amide bonds. The van der Waals surface area contributed by atoms with Gasteiger partial charge < -0.3 is 14.2 Å². The summed E-state index contributed by atoms with van der Waals surface area (Å²) in [4.78, 5) is 38.2. The third-order valence-electron chi connectivity index (χ3n) is 13.3. The van der Waals surface area contributed by atoms with E-state index in [-0.39, 0.29) is 31.1 Å². The second-order valence-corrected chi connectivity index (χ2v) is 20.6. The van der Waals surface area contributed by atoms with Gasteiger partial charge in [-0.1, -0.05) is 272 Å². The van der Waals surface area contributed by atoms with Gasteiger partial charge in [0, 0.05) is 19.3 Å². The topological polar surface area (TPSA) is 78.9 Å². The molecule has 74 heavy (non-hydrogen) atoms. The number of unbranched alkanes of at least 4 members (excludes halogenated alkanes) is 29. The maximum atomic E-state index is 12.9. The maximum absolute atomic E-state index is 12.9. The Morgan fingerprint density at radius 1 is 0.284 bits per heavy atom. The monoisotopic (exact) mass is 1030 g/mol. The molecule has 0 aliphatic carbocycles. The summed E-state index contributed by atoms with van der Waals surface area (Å²) in [6, 6.07) is 0. The normalized spacial score (nSPS) is 12.7. The molecule has 1 atom stereocenters. The molecule has 1 unspecified atom stereocenters. The largest absolute Gasteiger partial charge is 0.462 e. The summed E-state index contributed by atoms with van der Waals surface area (Å²) in [6.07, 6.45) is 82.6. The van der Waals surface area contributed by atoms with Crippen molar-refractivity contribution >= 4 is 17.9 Å². The summed E-state index contributed by atoms with van der Waals surface area (Å²) in [6.45, 7) is 6.51. The van der Waals surface area contributed by atoms with Gasteiger partial charge >= 0.3 is 17.9 Å². The average Bonchev–Trinajstić information content (AvgIpc) is 3.40. The van der Waals surface area contributed by atoms with Gasteiger partial charge in [-0.15, -0.1) is 0 Å². The smallest absolute Gasteiger partial charge is 0.306 e. The molecule has 0 rings (SSSR count). The zero-order valence-electron chi connectivity index (χ0n) is 48.6. The van der Waals surface area contributed by atoms with Crippen LogP contribution in [0.3, 0.4) is 0 Å². The van der Waals surface area contributed by atoms with E-state index in [0.717, 1.165) is 122 Å². The SMILES string of the molecule is CC/C=C\C/C=C\C/C=C\C/C=C\C/C=C\CCCCCCCCCCCC(=O)OCC(COC(=O)CCCCCCCCCCCC)OC(=O)CCCCCCCC/C=C\C/C=C\C/C=C\CCCCCCC. The van der Waals surface area contributed by atoms with Crippen LogP contribution in [0.15, 0.2) is 97.2 Å². The molecule has 0 aliphatic rings. The molecule has 0 aromatic heterocycles. The van der Waals surface area contributed by atoms with Gasteiger partial charge in [0.15, 0.2) is 6.10 Å². The van der Waals surface area contributed by atoms with Crippen LogP contribution < -0.4 is 0 Å². The van der Waals surface area contributed by atoms with E-state index >= 15 is 0 Å². The van der Waals surface area contributed by atoms with Gasteiger partial charge in [-0.05, 0) is 103 Å². The third kappa shape index (κ3) is 59.2. The van der Waals surface area contributed by atoms with Crippen LogP contribution >= 0.6 is 0 Å². The van der Waals surface area contributed by atoms with E-state index in [1.165, 1.54) is 135 Å². The fourth-order valence-electron chi connectivity index (χ4n) is 8.65. The number of allylic oxidation sites excluding steroid dienone is 16. The van der Waals surface area contributed by atoms with Crippen molar-refractivity contribution in [2.45, 2.75) is 303 Å². The first-order valence-electron chi connectivity index (χ1n) is 31.2. The quantitative estimate of drug-likeness (QED) is 0.0261. The van der Waals surface area contributed by atoms with E-state index in [4.69, 9.17) is 14.2 Å². The van der Waals surface area contributed by atoms with Crippen molar-refractivity contribution in [3.8, 4) is 0 Å². The summed E-state index contributed by atoms with van der Waals surface area (Å²) in [5.74, 6) is -0.896. The first kappa shape index (κ1) is 70.3. The molecule has 0 radical (unpaired) electrons. The number of ether oxygens (including phenoxy) is 3. The van der Waals surface area contributed by atoms with Crippen LogP contribution in [0, 0.1) is 0 Å². The minimum atomic E-state index is -0.787. The van der Waals surface area contributed by atoms with Crippen LogP contribution in [0.2, 0.25) is 0 Å². The summed E-state index contributed by atoms with van der Waals surface area (Å²) in [5, 5.41) is 0. The Hall–Kier alpha value is -3.67. The number of hydrogen-bond acceptors (Lipinski definition) is 6. The lowest BCUT2D eigenvalue weighted by atomic mass is 10.1.